The van der Waals surface area contributed by atoms with E-state index in [1.807, 2.05) is 11.3 Å². The number of benzene rings is 2. The van der Waals surface area contributed by atoms with Crippen LogP contribution in [0.5, 0.6) is 0 Å². The molecule has 0 N–H and O–H groups in total. The van der Waals surface area contributed by atoms with E-state index in [0.29, 0.717) is 11.3 Å². The number of thioether (sulfide) groups is 1. The Hall–Kier alpha value is -2.17. The van der Waals surface area contributed by atoms with Crippen molar-refractivity contribution >= 4 is 44.9 Å². The maximum atomic E-state index is 2.60. The van der Waals surface area contributed by atoms with Crippen LogP contribution in [0.4, 0.5) is 5.69 Å². The fraction of sp³-hybridized carbons (Fsp3) is 0.400. The van der Waals surface area contributed by atoms with Crippen molar-refractivity contribution in [3.8, 4) is 0 Å². The highest BCUT2D eigenvalue weighted by Gasteiger charge is 2.31. The Morgan fingerprint density at radius 2 is 1.79 bits per heavy atom. The molecule has 1 aliphatic carbocycles. The Kier molecular flexibility index (Phi) is 7.08. The van der Waals surface area contributed by atoms with Crippen LogP contribution in [0.2, 0.25) is 0 Å². The molecule has 4 heteroatoms. The second-order valence-corrected chi connectivity index (χ2v) is 11.9. The van der Waals surface area contributed by atoms with Gasteiger partial charge < -0.3 is 9.80 Å². The van der Waals surface area contributed by atoms with Crippen molar-refractivity contribution in [2.75, 3.05) is 25.5 Å². The molecule has 1 aromatic heterocycles. The van der Waals surface area contributed by atoms with Gasteiger partial charge in [0.15, 0.2) is 0 Å². The monoisotopic (exact) mass is 488 g/mol. The van der Waals surface area contributed by atoms with Gasteiger partial charge in [0.05, 0.1) is 11.1 Å². The summed E-state index contributed by atoms with van der Waals surface area (Å²) in [5.74, 6) is 0.658. The van der Waals surface area contributed by atoms with E-state index in [9.17, 15) is 0 Å². The third-order valence-corrected chi connectivity index (χ3v) is 9.91. The second-order valence-electron chi connectivity index (χ2n) is 9.57. The van der Waals surface area contributed by atoms with E-state index < -0.39 is 0 Å². The summed E-state index contributed by atoms with van der Waals surface area (Å²) in [5.41, 5.74) is 6.01. The number of thiophene rings is 1. The third kappa shape index (κ3) is 4.43. The molecule has 2 nitrogen and oxygen atoms in total. The Balaban J connectivity index is 1.33. The lowest BCUT2D eigenvalue weighted by molar-refractivity contribution is 0.398. The van der Waals surface area contributed by atoms with Gasteiger partial charge in [-0.1, -0.05) is 55.1 Å². The largest absolute Gasteiger partial charge is 0.381 e. The molecule has 5 rings (SSSR count). The Morgan fingerprint density at radius 3 is 2.59 bits per heavy atom. The van der Waals surface area contributed by atoms with Gasteiger partial charge in [0.2, 0.25) is 0 Å². The van der Waals surface area contributed by atoms with Crippen molar-refractivity contribution in [2.24, 2.45) is 5.92 Å². The van der Waals surface area contributed by atoms with Gasteiger partial charge in [0.1, 0.15) is 0 Å². The van der Waals surface area contributed by atoms with E-state index in [1.165, 1.54) is 62.4 Å². The van der Waals surface area contributed by atoms with Crippen molar-refractivity contribution in [3.63, 3.8) is 0 Å². The molecular formula is C30H36N2S2. The number of nitrogens with zero attached hydrogens (tertiary/aromatic N) is 2. The minimum Gasteiger partial charge on any atom is -0.381 e. The quantitative estimate of drug-likeness (QED) is 0.314. The minimum atomic E-state index is 0.566. The van der Waals surface area contributed by atoms with Crippen molar-refractivity contribution in [2.45, 2.75) is 56.2 Å². The fourth-order valence-corrected chi connectivity index (χ4v) is 8.44. The van der Waals surface area contributed by atoms with Crippen LogP contribution in [0.3, 0.4) is 0 Å². The molecule has 2 unspecified atom stereocenters. The van der Waals surface area contributed by atoms with Crippen molar-refractivity contribution in [3.05, 3.63) is 76.3 Å². The predicted molar refractivity (Wildman–Crippen MR) is 152 cm³/mol. The SMILES string of the molecule is CCc1c(/C=C/C2=C(N(C)C)C(CCC3Sc4ccccc4N3CC)CC2)sc2ccccc12. The first-order valence-electron chi connectivity index (χ1n) is 12.7. The van der Waals surface area contributed by atoms with Crippen LogP contribution in [0.25, 0.3) is 16.2 Å². The summed E-state index contributed by atoms with van der Waals surface area (Å²) in [6, 6.07) is 17.8. The summed E-state index contributed by atoms with van der Waals surface area (Å²) in [6.45, 7) is 5.65. The number of hydrogen-bond acceptors (Lipinski definition) is 4. The van der Waals surface area contributed by atoms with Crippen LogP contribution in [0.1, 0.15) is 50.0 Å². The summed E-state index contributed by atoms with van der Waals surface area (Å²) >= 11 is 3.99. The highest BCUT2D eigenvalue weighted by molar-refractivity contribution is 8.00. The van der Waals surface area contributed by atoms with Crippen LogP contribution in [0, 0.1) is 5.92 Å². The molecule has 1 aliphatic heterocycles. The zero-order chi connectivity index (χ0) is 23.7. The number of rotatable bonds is 8. The van der Waals surface area contributed by atoms with E-state index in [-0.39, 0.29) is 0 Å². The summed E-state index contributed by atoms with van der Waals surface area (Å²) in [6.07, 6.45) is 10.9. The first-order chi connectivity index (χ1) is 16.6. The maximum absolute atomic E-state index is 2.60. The zero-order valence-corrected chi connectivity index (χ0v) is 22.5. The Labute approximate surface area is 213 Å². The molecule has 34 heavy (non-hydrogen) atoms. The molecule has 2 aliphatic rings. The summed E-state index contributed by atoms with van der Waals surface area (Å²) in [5, 5.41) is 1.99. The minimum absolute atomic E-state index is 0.566. The molecule has 0 spiro atoms. The Bertz CT molecular complexity index is 1220. The van der Waals surface area contributed by atoms with Crippen LogP contribution >= 0.6 is 23.1 Å². The lowest BCUT2D eigenvalue weighted by Gasteiger charge is -2.28. The molecule has 2 atom stereocenters. The number of aryl methyl sites for hydroxylation is 1. The zero-order valence-electron chi connectivity index (χ0n) is 20.9. The van der Waals surface area contributed by atoms with E-state index in [4.69, 9.17) is 0 Å². The molecule has 3 aromatic rings. The molecular weight excluding hydrogens is 452 g/mol. The third-order valence-electron chi connectivity index (χ3n) is 7.37. The van der Waals surface area contributed by atoms with Gasteiger partial charge in [0.25, 0.3) is 0 Å². The number of fused-ring (bicyclic) bond motifs is 2. The molecule has 2 heterocycles. The van der Waals surface area contributed by atoms with E-state index in [2.05, 4.69) is 110 Å². The number of allylic oxidation sites excluding steroid dienone is 3. The highest BCUT2D eigenvalue weighted by atomic mass is 32.2. The van der Waals surface area contributed by atoms with Crippen LogP contribution in [0.15, 0.2) is 70.8 Å². The molecule has 2 aromatic carbocycles. The lowest BCUT2D eigenvalue weighted by atomic mass is 9.99. The van der Waals surface area contributed by atoms with Crippen LogP contribution in [-0.4, -0.2) is 30.9 Å². The number of hydrogen-bond donors (Lipinski definition) is 0. The normalized spacial score (nSPS) is 20.2. The van der Waals surface area contributed by atoms with Gasteiger partial charge in [-0.15, -0.1) is 11.3 Å². The smallest absolute Gasteiger partial charge is 0.0798 e. The average Bonchev–Trinajstić information content (AvgIpc) is 3.53. The highest BCUT2D eigenvalue weighted by Crippen LogP contribution is 2.46. The number of anilines is 1. The molecule has 0 radical (unpaired) electrons. The van der Waals surface area contributed by atoms with Crippen molar-refractivity contribution in [1.29, 1.82) is 0 Å². The molecule has 178 valence electrons. The standard InChI is InChI=1S/C30H36N2S2/c1-5-23-24-11-7-9-13-26(24)33-27(23)19-17-21-15-16-22(30(21)31(3)4)18-20-29-32(6-2)25-12-8-10-14-28(25)34-29/h7-14,17,19,22,29H,5-6,15-16,18,20H2,1-4H3/b19-17+. The maximum Gasteiger partial charge on any atom is 0.0798 e. The predicted octanol–water partition coefficient (Wildman–Crippen LogP) is 8.44. The molecule has 0 fully saturated rings. The van der Waals surface area contributed by atoms with Gasteiger partial charge in [-0.25, -0.2) is 0 Å². The number of para-hydroxylation sites is 1. The van der Waals surface area contributed by atoms with Crippen molar-refractivity contribution in [1.82, 2.24) is 4.90 Å². The van der Waals surface area contributed by atoms with Gasteiger partial charge in [-0.2, -0.15) is 0 Å². The van der Waals surface area contributed by atoms with Gasteiger partial charge in [-0.3, -0.25) is 0 Å². The second kappa shape index (κ2) is 10.2. The summed E-state index contributed by atoms with van der Waals surface area (Å²) in [7, 11) is 4.47. The first-order valence-corrected chi connectivity index (χ1v) is 14.4. The summed E-state index contributed by atoms with van der Waals surface area (Å²) < 4.78 is 1.40. The van der Waals surface area contributed by atoms with E-state index >= 15 is 0 Å². The molecule has 0 amide bonds. The van der Waals surface area contributed by atoms with Gasteiger partial charge in [0, 0.05) is 40.8 Å². The van der Waals surface area contributed by atoms with Crippen LogP contribution in [-0.2, 0) is 6.42 Å². The first kappa shape index (κ1) is 23.6. The molecule has 0 bridgehead atoms. The summed E-state index contributed by atoms with van der Waals surface area (Å²) in [4.78, 5) is 7.86. The van der Waals surface area contributed by atoms with E-state index in [0.717, 1.165) is 13.0 Å². The van der Waals surface area contributed by atoms with E-state index in [1.54, 1.807) is 5.70 Å². The van der Waals surface area contributed by atoms with Crippen molar-refractivity contribution < 1.29 is 0 Å². The van der Waals surface area contributed by atoms with Gasteiger partial charge >= 0.3 is 0 Å². The van der Waals surface area contributed by atoms with Crippen LogP contribution < -0.4 is 4.90 Å². The molecule has 0 saturated carbocycles. The van der Waals surface area contributed by atoms with Gasteiger partial charge in [-0.05, 0) is 85.7 Å². The average molecular weight is 489 g/mol. The Morgan fingerprint density at radius 1 is 1.00 bits per heavy atom. The molecule has 0 saturated heterocycles. The fourth-order valence-electron chi connectivity index (χ4n) is 5.84. The topological polar surface area (TPSA) is 6.48 Å². The lowest BCUT2D eigenvalue weighted by Crippen LogP contribution is -2.29.